The van der Waals surface area contributed by atoms with Crippen LogP contribution in [0.2, 0.25) is 0 Å². The van der Waals surface area contributed by atoms with Crippen LogP contribution < -0.4 is 21.3 Å². The minimum Gasteiger partial charge on any atom is -0.311 e. The minimum absolute atomic E-state index is 0.185. The molecule has 4 heteroatoms. The Bertz CT molecular complexity index is 2350. The third-order valence-corrected chi connectivity index (χ3v) is 10.1. The monoisotopic (exact) mass is 524 g/mol. The lowest BCUT2D eigenvalue weighted by Gasteiger charge is -2.39. The van der Waals surface area contributed by atoms with Crippen LogP contribution in [0, 0.1) is 0 Å². The molecule has 10 rings (SSSR count). The van der Waals surface area contributed by atoms with Crippen LogP contribution in [0.4, 0.5) is 17.1 Å². The number of anilines is 3. The molecule has 0 saturated carbocycles. The van der Waals surface area contributed by atoms with E-state index in [4.69, 9.17) is 0 Å². The molecule has 2 aromatic heterocycles. The van der Waals surface area contributed by atoms with Crippen molar-refractivity contribution < 1.29 is 0 Å². The van der Waals surface area contributed by atoms with Gasteiger partial charge in [0.05, 0.1) is 11.0 Å². The molecule has 0 aliphatic carbocycles. The Morgan fingerprint density at radius 3 is 2.10 bits per heavy atom. The van der Waals surface area contributed by atoms with Crippen molar-refractivity contribution in [2.45, 2.75) is 0 Å². The van der Waals surface area contributed by atoms with Crippen LogP contribution in [0.1, 0.15) is 0 Å². The molecule has 0 atom stereocenters. The first kappa shape index (κ1) is 21.1. The smallest absolute Gasteiger partial charge is 0.252 e. The van der Waals surface area contributed by atoms with E-state index in [-0.39, 0.29) is 6.71 Å². The van der Waals surface area contributed by atoms with E-state index in [2.05, 4.69) is 137 Å². The lowest BCUT2D eigenvalue weighted by Crippen LogP contribution is -2.60. The van der Waals surface area contributed by atoms with Gasteiger partial charge in [-0.1, -0.05) is 78.9 Å². The number of hydrogen-bond acceptors (Lipinski definition) is 2. The molecule has 184 valence electrons. The molecule has 0 radical (unpaired) electrons. The number of rotatable bonds is 1. The quantitative estimate of drug-likeness (QED) is 0.199. The summed E-state index contributed by atoms with van der Waals surface area (Å²) >= 11 is 1.90. The number of hydrogen-bond donors (Lipinski definition) is 0. The number of thiophene rings is 1. The maximum Gasteiger partial charge on any atom is 0.252 e. The lowest BCUT2D eigenvalue weighted by atomic mass is 9.34. The average molecular weight is 524 g/mol. The molecule has 2 nitrogen and oxygen atoms in total. The maximum atomic E-state index is 2.55. The standard InChI is InChI=1S/C36H21BN2S/c1-2-10-22(11-3-1)38-29-15-7-5-13-27(29)37-28-14-6-8-16-30(28)39-32-20-26-23-12-4-9-17-33(23)40-34(26)21-25(32)24-18-19-31(38)35(37)36(24)39/h1-21H. The van der Waals surface area contributed by atoms with Crippen LogP contribution >= 0.6 is 11.3 Å². The van der Waals surface area contributed by atoms with Crippen LogP contribution in [0.25, 0.3) is 47.7 Å². The third kappa shape index (κ3) is 2.51. The van der Waals surface area contributed by atoms with E-state index in [0.29, 0.717) is 0 Å². The number of fused-ring (bicyclic) bond motifs is 11. The minimum atomic E-state index is 0.185. The largest absolute Gasteiger partial charge is 0.311 e. The first-order chi connectivity index (χ1) is 19.9. The summed E-state index contributed by atoms with van der Waals surface area (Å²) in [4.78, 5) is 2.46. The third-order valence-electron chi connectivity index (χ3n) is 8.97. The van der Waals surface area contributed by atoms with Crippen molar-refractivity contribution in [1.82, 2.24) is 4.57 Å². The van der Waals surface area contributed by atoms with Crippen molar-refractivity contribution in [3.05, 3.63) is 127 Å². The fourth-order valence-corrected chi connectivity index (χ4v) is 8.53. The zero-order chi connectivity index (χ0) is 25.9. The Kier molecular flexibility index (Phi) is 3.92. The summed E-state index contributed by atoms with van der Waals surface area (Å²) in [7, 11) is 0. The SMILES string of the molecule is c1ccc(N2c3ccccc3B3c4ccccc4-n4c5cc6c(cc5c5ccc2c3c54)sc2ccccc26)cc1. The van der Waals surface area contributed by atoms with E-state index < -0.39 is 0 Å². The van der Waals surface area contributed by atoms with Gasteiger partial charge in [-0.15, -0.1) is 11.3 Å². The van der Waals surface area contributed by atoms with Gasteiger partial charge in [0.25, 0.3) is 6.71 Å². The van der Waals surface area contributed by atoms with Crippen molar-refractivity contribution in [2.24, 2.45) is 0 Å². The van der Waals surface area contributed by atoms with Crippen LogP contribution in [0.3, 0.4) is 0 Å². The fraction of sp³-hybridized carbons (Fsp3) is 0. The van der Waals surface area contributed by atoms with Gasteiger partial charge in [-0.2, -0.15) is 0 Å². The Labute approximate surface area is 235 Å². The van der Waals surface area contributed by atoms with E-state index in [0.717, 1.165) is 0 Å². The Hall–Kier alpha value is -4.80. The molecule has 0 saturated heterocycles. The summed E-state index contributed by atoms with van der Waals surface area (Å²) < 4.78 is 5.25. The van der Waals surface area contributed by atoms with E-state index in [1.165, 1.54) is 81.1 Å². The first-order valence-electron chi connectivity index (χ1n) is 13.8. The van der Waals surface area contributed by atoms with E-state index >= 15 is 0 Å². The van der Waals surface area contributed by atoms with Gasteiger partial charge >= 0.3 is 0 Å². The second-order valence-corrected chi connectivity index (χ2v) is 12.0. The molecule has 40 heavy (non-hydrogen) atoms. The van der Waals surface area contributed by atoms with E-state index in [1.807, 2.05) is 11.3 Å². The predicted octanol–water partition coefficient (Wildman–Crippen LogP) is 7.76. The number of benzene rings is 6. The maximum absolute atomic E-state index is 2.55. The second-order valence-electron chi connectivity index (χ2n) is 10.9. The summed E-state index contributed by atoms with van der Waals surface area (Å²) in [5, 5.41) is 5.35. The highest BCUT2D eigenvalue weighted by Crippen LogP contribution is 2.44. The Morgan fingerprint density at radius 2 is 1.23 bits per heavy atom. The van der Waals surface area contributed by atoms with Gasteiger partial charge < -0.3 is 9.47 Å². The van der Waals surface area contributed by atoms with Crippen LogP contribution in [-0.4, -0.2) is 11.3 Å². The molecule has 0 unspecified atom stereocenters. The molecule has 0 N–H and O–H groups in total. The van der Waals surface area contributed by atoms with Crippen molar-refractivity contribution in [2.75, 3.05) is 4.90 Å². The molecule has 2 aliphatic heterocycles. The normalized spacial score (nSPS) is 13.4. The molecule has 0 fully saturated rings. The summed E-state index contributed by atoms with van der Waals surface area (Å²) in [5.74, 6) is 0. The molecular formula is C36H21BN2S. The number of nitrogens with zero attached hydrogens (tertiary/aromatic N) is 2. The fourth-order valence-electron chi connectivity index (χ4n) is 7.40. The Morgan fingerprint density at radius 1 is 0.500 bits per heavy atom. The van der Waals surface area contributed by atoms with Gasteiger partial charge in [-0.05, 0) is 64.9 Å². The summed E-state index contributed by atoms with van der Waals surface area (Å²) in [6.07, 6.45) is 0. The molecule has 0 amide bonds. The van der Waals surface area contributed by atoms with Gasteiger partial charge in [0.1, 0.15) is 0 Å². The highest BCUT2D eigenvalue weighted by molar-refractivity contribution is 7.25. The highest BCUT2D eigenvalue weighted by atomic mass is 32.1. The average Bonchev–Trinajstić information content (AvgIpc) is 3.54. The molecule has 0 bridgehead atoms. The Balaban J connectivity index is 1.41. The molecule has 2 aliphatic rings. The van der Waals surface area contributed by atoms with Gasteiger partial charge in [0.15, 0.2) is 0 Å². The zero-order valence-electron chi connectivity index (χ0n) is 21.5. The van der Waals surface area contributed by atoms with E-state index in [9.17, 15) is 0 Å². The zero-order valence-corrected chi connectivity index (χ0v) is 22.3. The van der Waals surface area contributed by atoms with Crippen molar-refractivity contribution in [3.8, 4) is 5.69 Å². The molecule has 6 aromatic carbocycles. The van der Waals surface area contributed by atoms with Crippen LogP contribution in [0.15, 0.2) is 127 Å². The van der Waals surface area contributed by atoms with Gasteiger partial charge in [-0.25, -0.2) is 0 Å². The molecular weight excluding hydrogens is 503 g/mol. The van der Waals surface area contributed by atoms with Crippen molar-refractivity contribution in [3.63, 3.8) is 0 Å². The highest BCUT2D eigenvalue weighted by Gasteiger charge is 2.41. The second kappa shape index (κ2) is 7.44. The summed E-state index contributed by atoms with van der Waals surface area (Å²) in [6, 6.07) is 47.2. The number of aromatic nitrogens is 1. The number of para-hydroxylation sites is 3. The van der Waals surface area contributed by atoms with Crippen LogP contribution in [0.5, 0.6) is 0 Å². The van der Waals surface area contributed by atoms with Gasteiger partial charge in [-0.3, -0.25) is 0 Å². The molecule has 0 spiro atoms. The van der Waals surface area contributed by atoms with Gasteiger partial charge in [0.2, 0.25) is 0 Å². The van der Waals surface area contributed by atoms with Crippen molar-refractivity contribution >= 4 is 93.5 Å². The van der Waals surface area contributed by atoms with E-state index in [1.54, 1.807) is 0 Å². The van der Waals surface area contributed by atoms with Gasteiger partial charge in [0, 0.05) is 53.7 Å². The molecule has 8 aromatic rings. The molecule has 4 heterocycles. The lowest BCUT2D eigenvalue weighted by molar-refractivity contribution is 1.18. The predicted molar refractivity (Wildman–Crippen MR) is 173 cm³/mol. The topological polar surface area (TPSA) is 8.17 Å². The summed E-state index contributed by atoms with van der Waals surface area (Å²) in [6.45, 7) is 0.185. The van der Waals surface area contributed by atoms with Crippen molar-refractivity contribution in [1.29, 1.82) is 0 Å². The first-order valence-corrected chi connectivity index (χ1v) is 14.6. The van der Waals surface area contributed by atoms with Crippen LogP contribution in [-0.2, 0) is 0 Å². The summed E-state index contributed by atoms with van der Waals surface area (Å²) in [5.41, 5.74) is 11.8.